The molecule has 0 bridgehead atoms. The van der Waals surface area contributed by atoms with Crippen molar-refractivity contribution < 1.29 is 9.59 Å². The fraction of sp³-hybridized carbons (Fsp3) is 0.846. The zero-order valence-electron chi connectivity index (χ0n) is 11.2. The van der Waals surface area contributed by atoms with E-state index >= 15 is 0 Å². The third kappa shape index (κ3) is 2.66. The number of thioether (sulfide) groups is 1. The maximum absolute atomic E-state index is 12.6. The van der Waals surface area contributed by atoms with E-state index in [0.29, 0.717) is 25.4 Å². The van der Waals surface area contributed by atoms with Crippen LogP contribution in [0.1, 0.15) is 39.5 Å². The minimum atomic E-state index is -0.713. The molecule has 18 heavy (non-hydrogen) atoms. The molecule has 0 aromatic rings. The SMILES string of the molecule is CCC1(C)NC(=O)CCN(C2CCCSC2)C1=O. The van der Waals surface area contributed by atoms with E-state index in [0.717, 1.165) is 12.2 Å². The molecule has 0 radical (unpaired) electrons. The van der Waals surface area contributed by atoms with Crippen molar-refractivity contribution in [1.29, 1.82) is 0 Å². The highest BCUT2D eigenvalue weighted by Gasteiger charge is 2.41. The van der Waals surface area contributed by atoms with Gasteiger partial charge < -0.3 is 10.2 Å². The molecule has 1 N–H and O–H groups in total. The number of nitrogens with zero attached hydrogens (tertiary/aromatic N) is 1. The molecule has 0 aromatic carbocycles. The predicted octanol–water partition coefficient (Wildman–Crippen LogP) is 1.40. The van der Waals surface area contributed by atoms with Gasteiger partial charge in [-0.25, -0.2) is 0 Å². The van der Waals surface area contributed by atoms with E-state index in [1.54, 1.807) is 0 Å². The summed E-state index contributed by atoms with van der Waals surface area (Å²) in [5.74, 6) is 2.31. The summed E-state index contributed by atoms with van der Waals surface area (Å²) in [4.78, 5) is 26.3. The van der Waals surface area contributed by atoms with Crippen LogP contribution in [-0.4, -0.2) is 46.3 Å². The summed E-state index contributed by atoms with van der Waals surface area (Å²) in [7, 11) is 0. The predicted molar refractivity (Wildman–Crippen MR) is 73.5 cm³/mol. The number of nitrogens with one attached hydrogen (secondary N) is 1. The minimum absolute atomic E-state index is 0.00124. The molecular weight excluding hydrogens is 248 g/mol. The Morgan fingerprint density at radius 1 is 1.50 bits per heavy atom. The number of hydrogen-bond donors (Lipinski definition) is 1. The summed E-state index contributed by atoms with van der Waals surface area (Å²) in [6.07, 6.45) is 3.33. The molecule has 2 heterocycles. The lowest BCUT2D eigenvalue weighted by atomic mass is 9.96. The smallest absolute Gasteiger partial charge is 0.248 e. The van der Waals surface area contributed by atoms with Gasteiger partial charge in [-0.3, -0.25) is 9.59 Å². The van der Waals surface area contributed by atoms with Crippen molar-refractivity contribution in [2.45, 2.75) is 51.1 Å². The van der Waals surface area contributed by atoms with Crippen molar-refractivity contribution in [3.8, 4) is 0 Å². The molecule has 0 saturated carbocycles. The molecule has 2 aliphatic heterocycles. The Bertz CT molecular complexity index is 342. The Hall–Kier alpha value is -0.710. The first kappa shape index (κ1) is 13.7. The number of carbonyl (C=O) groups is 2. The van der Waals surface area contributed by atoms with Gasteiger partial charge in [0.05, 0.1) is 0 Å². The van der Waals surface area contributed by atoms with Crippen LogP contribution >= 0.6 is 11.8 Å². The van der Waals surface area contributed by atoms with Crippen LogP contribution in [-0.2, 0) is 9.59 Å². The lowest BCUT2D eigenvalue weighted by molar-refractivity contribution is -0.140. The van der Waals surface area contributed by atoms with Crippen LogP contribution in [0.2, 0.25) is 0 Å². The standard InChI is InChI=1S/C13H22N2O2S/c1-3-13(2)12(17)15(7-6-11(16)14-13)10-5-4-8-18-9-10/h10H,3-9H2,1-2H3,(H,14,16). The minimum Gasteiger partial charge on any atom is -0.342 e. The van der Waals surface area contributed by atoms with Gasteiger partial charge in [0.1, 0.15) is 5.54 Å². The third-order valence-corrected chi connectivity index (χ3v) is 5.21. The Morgan fingerprint density at radius 2 is 2.28 bits per heavy atom. The average Bonchev–Trinajstić information content (AvgIpc) is 2.50. The van der Waals surface area contributed by atoms with Gasteiger partial charge in [0.2, 0.25) is 11.8 Å². The van der Waals surface area contributed by atoms with Crippen LogP contribution in [0.15, 0.2) is 0 Å². The highest BCUT2D eigenvalue weighted by Crippen LogP contribution is 2.26. The highest BCUT2D eigenvalue weighted by molar-refractivity contribution is 7.99. The third-order valence-electron chi connectivity index (χ3n) is 4.01. The molecule has 0 spiro atoms. The molecule has 0 aromatic heterocycles. The molecule has 2 aliphatic rings. The fourth-order valence-corrected chi connectivity index (χ4v) is 3.78. The van der Waals surface area contributed by atoms with Crippen LogP contribution in [0.3, 0.4) is 0 Å². The van der Waals surface area contributed by atoms with Gasteiger partial charge in [-0.05, 0) is 31.9 Å². The first-order valence-corrected chi connectivity index (χ1v) is 7.92. The van der Waals surface area contributed by atoms with Gasteiger partial charge in [0.15, 0.2) is 0 Å². The summed E-state index contributed by atoms with van der Waals surface area (Å²) in [5.41, 5.74) is -0.713. The largest absolute Gasteiger partial charge is 0.342 e. The van der Waals surface area contributed by atoms with Gasteiger partial charge in [-0.15, -0.1) is 0 Å². The van der Waals surface area contributed by atoms with Crippen molar-refractivity contribution in [2.75, 3.05) is 18.1 Å². The van der Waals surface area contributed by atoms with Crippen LogP contribution in [0.5, 0.6) is 0 Å². The molecular formula is C13H22N2O2S. The Morgan fingerprint density at radius 3 is 2.89 bits per heavy atom. The van der Waals surface area contributed by atoms with Gasteiger partial charge in [-0.2, -0.15) is 11.8 Å². The molecule has 102 valence electrons. The zero-order valence-corrected chi connectivity index (χ0v) is 12.0. The van der Waals surface area contributed by atoms with Gasteiger partial charge in [0, 0.05) is 24.8 Å². The topological polar surface area (TPSA) is 49.4 Å². The van der Waals surface area contributed by atoms with Gasteiger partial charge in [-0.1, -0.05) is 6.92 Å². The van der Waals surface area contributed by atoms with Crippen LogP contribution in [0.4, 0.5) is 0 Å². The molecule has 2 atom stereocenters. The molecule has 2 unspecified atom stereocenters. The van der Waals surface area contributed by atoms with Gasteiger partial charge in [0.25, 0.3) is 0 Å². The van der Waals surface area contributed by atoms with Gasteiger partial charge >= 0.3 is 0 Å². The summed E-state index contributed by atoms with van der Waals surface area (Å²) in [6.45, 7) is 4.38. The average molecular weight is 270 g/mol. The summed E-state index contributed by atoms with van der Waals surface area (Å²) < 4.78 is 0. The maximum Gasteiger partial charge on any atom is 0.248 e. The second-order valence-corrected chi connectivity index (χ2v) is 6.50. The van der Waals surface area contributed by atoms with E-state index in [1.807, 2.05) is 30.5 Å². The fourth-order valence-electron chi connectivity index (χ4n) is 2.62. The summed E-state index contributed by atoms with van der Waals surface area (Å²) in [6, 6.07) is 0.315. The monoisotopic (exact) mass is 270 g/mol. The Kier molecular flexibility index (Phi) is 4.20. The molecule has 2 rings (SSSR count). The van der Waals surface area contributed by atoms with E-state index in [-0.39, 0.29) is 11.8 Å². The summed E-state index contributed by atoms with van der Waals surface area (Å²) >= 11 is 1.91. The zero-order chi connectivity index (χ0) is 13.2. The van der Waals surface area contributed by atoms with E-state index in [1.165, 1.54) is 12.2 Å². The van der Waals surface area contributed by atoms with E-state index in [9.17, 15) is 9.59 Å². The van der Waals surface area contributed by atoms with Crippen molar-refractivity contribution in [1.82, 2.24) is 10.2 Å². The van der Waals surface area contributed by atoms with Crippen LogP contribution < -0.4 is 5.32 Å². The van der Waals surface area contributed by atoms with E-state index in [2.05, 4.69) is 5.32 Å². The molecule has 2 amide bonds. The first-order valence-electron chi connectivity index (χ1n) is 6.76. The molecule has 2 fully saturated rings. The van der Waals surface area contributed by atoms with E-state index in [4.69, 9.17) is 0 Å². The number of hydrogen-bond acceptors (Lipinski definition) is 3. The summed E-state index contributed by atoms with van der Waals surface area (Å²) in [5, 5.41) is 2.89. The molecule has 4 nitrogen and oxygen atoms in total. The first-order chi connectivity index (χ1) is 8.57. The van der Waals surface area contributed by atoms with Crippen molar-refractivity contribution in [2.24, 2.45) is 0 Å². The quantitative estimate of drug-likeness (QED) is 0.825. The number of carbonyl (C=O) groups excluding carboxylic acids is 2. The lowest BCUT2D eigenvalue weighted by Crippen LogP contribution is -2.57. The second-order valence-electron chi connectivity index (χ2n) is 5.35. The van der Waals surface area contributed by atoms with Crippen molar-refractivity contribution in [3.05, 3.63) is 0 Å². The van der Waals surface area contributed by atoms with E-state index < -0.39 is 5.54 Å². The maximum atomic E-state index is 12.6. The normalized spacial score (nSPS) is 34.1. The second kappa shape index (κ2) is 5.51. The Labute approximate surface area is 113 Å². The molecule has 2 saturated heterocycles. The van der Waals surface area contributed by atoms with Crippen molar-refractivity contribution in [3.63, 3.8) is 0 Å². The number of amides is 2. The number of rotatable bonds is 2. The van der Waals surface area contributed by atoms with Crippen LogP contribution in [0, 0.1) is 0 Å². The molecule has 0 aliphatic carbocycles. The highest BCUT2D eigenvalue weighted by atomic mass is 32.2. The lowest BCUT2D eigenvalue weighted by Gasteiger charge is -2.37. The Balaban J connectivity index is 2.18. The van der Waals surface area contributed by atoms with Crippen LogP contribution in [0.25, 0.3) is 0 Å². The van der Waals surface area contributed by atoms with Crippen molar-refractivity contribution >= 4 is 23.6 Å². The molecule has 5 heteroatoms.